The first-order valence-corrected chi connectivity index (χ1v) is 22.8. The topological polar surface area (TPSA) is 43.8 Å². The summed E-state index contributed by atoms with van der Waals surface area (Å²) in [6, 6.07) is 79.2. The van der Waals surface area contributed by atoms with Gasteiger partial charge >= 0.3 is 5.15 Å². The zero-order valence-electron chi connectivity index (χ0n) is 31.0. The average Bonchev–Trinajstić information content (AvgIpc) is 3.85. The monoisotopic (exact) mass is 771 g/mol. The lowest BCUT2D eigenvalue weighted by Crippen LogP contribution is -2.70. The molecular formula is C50H37N4OP2+3. The number of fused-ring (bicyclic) bond motifs is 7. The van der Waals surface area contributed by atoms with Crippen molar-refractivity contribution >= 4 is 46.4 Å². The summed E-state index contributed by atoms with van der Waals surface area (Å²) in [7, 11) is -6.28. The van der Waals surface area contributed by atoms with Gasteiger partial charge in [0.1, 0.15) is 21.2 Å². The summed E-state index contributed by atoms with van der Waals surface area (Å²) in [5, 5.41) is 12.0. The minimum absolute atomic E-state index is 0.693. The molecule has 9 aromatic rings. The van der Waals surface area contributed by atoms with Gasteiger partial charge in [0.15, 0.2) is 34.1 Å². The molecule has 2 aliphatic heterocycles. The number of ether oxygens (including phenoxy) is 1. The van der Waals surface area contributed by atoms with Crippen LogP contribution in [0.25, 0.3) is 22.9 Å². The van der Waals surface area contributed by atoms with Gasteiger partial charge in [0, 0.05) is 17.7 Å². The Kier molecular flexibility index (Phi) is 7.89. The van der Waals surface area contributed by atoms with Crippen LogP contribution in [-0.4, -0.2) is 14.8 Å². The highest BCUT2D eigenvalue weighted by molar-refractivity contribution is 8.11. The lowest BCUT2D eigenvalue weighted by atomic mass is 10.2. The third kappa shape index (κ3) is 4.56. The summed E-state index contributed by atoms with van der Waals surface area (Å²) in [4.78, 5) is 5.56. The quantitative estimate of drug-likeness (QED) is 0.131. The Labute approximate surface area is 333 Å². The molecule has 0 saturated heterocycles. The van der Waals surface area contributed by atoms with Crippen molar-refractivity contribution < 1.29 is 9.30 Å². The molecule has 11 rings (SSSR count). The SMILES string of the molecule is c1ccc(-c2nc3n(n2)C2([n+]4ccccc4-3)[P+](c3ccccc3)(c3ccccc3)c3ccccc3Oc3ccccc3[P+]2(c2ccccc2)c2ccccc2)cc1. The number of para-hydroxylation sites is 2. The fraction of sp³-hybridized carbons (Fsp3) is 0.0200. The minimum Gasteiger partial charge on any atom is -0.449 e. The molecule has 0 fully saturated rings. The van der Waals surface area contributed by atoms with E-state index in [1.807, 2.05) is 6.07 Å². The smallest absolute Gasteiger partial charge is 0.449 e. The Hall–Kier alpha value is -6.51. The molecule has 0 N–H and O–H groups in total. The first kappa shape index (κ1) is 33.8. The van der Waals surface area contributed by atoms with Crippen LogP contribution < -0.4 is 41.1 Å². The predicted octanol–water partition coefficient (Wildman–Crippen LogP) is 8.42. The van der Waals surface area contributed by atoms with E-state index in [1.54, 1.807) is 0 Å². The van der Waals surface area contributed by atoms with E-state index in [9.17, 15) is 0 Å². The Morgan fingerprint density at radius 3 is 1.32 bits per heavy atom. The van der Waals surface area contributed by atoms with Crippen LogP contribution in [0, 0.1) is 0 Å². The van der Waals surface area contributed by atoms with Crippen LogP contribution in [0.2, 0.25) is 0 Å². The van der Waals surface area contributed by atoms with Gasteiger partial charge in [0.25, 0.3) is 20.2 Å². The van der Waals surface area contributed by atoms with Gasteiger partial charge in [-0.1, -0.05) is 127 Å². The van der Waals surface area contributed by atoms with Crippen LogP contribution in [0.1, 0.15) is 0 Å². The highest BCUT2D eigenvalue weighted by Gasteiger charge is 2.92. The summed E-state index contributed by atoms with van der Waals surface area (Å²) in [6.07, 6.45) is 2.29. The second kappa shape index (κ2) is 13.3. The number of hydrogen-bond donors (Lipinski definition) is 0. The van der Waals surface area contributed by atoms with Crippen molar-refractivity contribution in [3.05, 3.63) is 225 Å². The molecule has 0 aliphatic carbocycles. The van der Waals surface area contributed by atoms with E-state index in [4.69, 9.17) is 14.8 Å². The maximum atomic E-state index is 7.43. The molecule has 270 valence electrons. The molecule has 0 atom stereocenters. The number of rotatable bonds is 5. The normalized spacial score (nSPS) is 15.2. The maximum Gasteiger partial charge on any atom is 0.481 e. The molecule has 0 saturated carbocycles. The molecule has 0 bridgehead atoms. The van der Waals surface area contributed by atoms with Crippen molar-refractivity contribution in [2.75, 3.05) is 0 Å². The molecule has 4 heterocycles. The first-order chi connectivity index (χ1) is 28.3. The summed E-state index contributed by atoms with van der Waals surface area (Å²) < 4.78 is 12.4. The van der Waals surface area contributed by atoms with Crippen molar-refractivity contribution in [3.8, 4) is 34.4 Å². The van der Waals surface area contributed by atoms with E-state index < -0.39 is 19.7 Å². The standard InChI is InChI=1S/C50H37N4OP2/c1-6-22-38(23-7-1)48-51-49-43-32-20-21-37-53(43)50(54(49)52-48)56(39-24-8-2-9-25-39,40-26-10-3-11-27-40)46-35-18-16-33-44(46)55-45-34-17-19-36-47(45)57(50,41-28-12-4-13-29-41)42-30-14-5-15-31-42/h1-37H/q+3. The molecule has 5 nitrogen and oxygen atoms in total. The Morgan fingerprint density at radius 1 is 0.439 bits per heavy atom. The summed E-state index contributed by atoms with van der Waals surface area (Å²) in [5.74, 6) is 3.19. The largest absolute Gasteiger partial charge is 0.481 e. The van der Waals surface area contributed by atoms with Crippen molar-refractivity contribution in [3.63, 3.8) is 0 Å². The Morgan fingerprint density at radius 2 is 0.842 bits per heavy atom. The van der Waals surface area contributed by atoms with Crippen molar-refractivity contribution in [1.29, 1.82) is 0 Å². The van der Waals surface area contributed by atoms with Gasteiger partial charge in [-0.15, -0.1) is 14.3 Å². The lowest BCUT2D eigenvalue weighted by molar-refractivity contribution is -0.705. The average molecular weight is 772 g/mol. The molecular weight excluding hydrogens is 735 g/mol. The third-order valence-electron chi connectivity index (χ3n) is 11.5. The summed E-state index contributed by atoms with van der Waals surface area (Å²) in [5.41, 5.74) is 1.98. The Bertz CT molecular complexity index is 2680. The maximum absolute atomic E-state index is 7.43. The predicted molar refractivity (Wildman–Crippen MR) is 235 cm³/mol. The van der Waals surface area contributed by atoms with Crippen molar-refractivity contribution in [2.45, 2.75) is 5.15 Å². The van der Waals surface area contributed by atoms with Gasteiger partial charge in [-0.3, -0.25) is 0 Å². The van der Waals surface area contributed by atoms with Crippen LogP contribution >= 0.6 is 14.5 Å². The fourth-order valence-electron chi connectivity index (χ4n) is 9.45. The van der Waals surface area contributed by atoms with Gasteiger partial charge in [-0.25, -0.2) is 4.98 Å². The first-order valence-electron chi connectivity index (χ1n) is 19.2. The zero-order chi connectivity index (χ0) is 37.9. The second-order valence-electron chi connectivity index (χ2n) is 14.3. The molecule has 57 heavy (non-hydrogen) atoms. The lowest BCUT2D eigenvalue weighted by Gasteiger charge is -2.44. The van der Waals surface area contributed by atoms with Crippen LogP contribution in [0.3, 0.4) is 0 Å². The van der Waals surface area contributed by atoms with Crippen LogP contribution in [0.5, 0.6) is 11.5 Å². The minimum atomic E-state index is -3.14. The summed E-state index contributed by atoms with van der Waals surface area (Å²) >= 11 is 0. The van der Waals surface area contributed by atoms with Gasteiger partial charge in [-0.05, 0) is 78.9 Å². The fourth-order valence-corrected chi connectivity index (χ4v) is 22.9. The molecule has 7 aromatic carbocycles. The second-order valence-corrected chi connectivity index (χ2v) is 21.6. The van der Waals surface area contributed by atoms with Gasteiger partial charge in [0.05, 0.1) is 0 Å². The molecule has 2 aromatic heterocycles. The number of hydrogen-bond acceptors (Lipinski definition) is 3. The van der Waals surface area contributed by atoms with E-state index >= 15 is 0 Å². The molecule has 7 heteroatoms. The number of nitrogens with zero attached hydrogens (tertiary/aromatic N) is 4. The Balaban J connectivity index is 1.51. The highest BCUT2D eigenvalue weighted by Crippen LogP contribution is 2.87. The highest BCUT2D eigenvalue weighted by atomic mass is 31.2. The molecule has 2 aliphatic rings. The van der Waals surface area contributed by atoms with E-state index in [0.717, 1.165) is 39.2 Å². The molecule has 0 unspecified atom stereocenters. The number of pyridine rings is 1. The zero-order valence-corrected chi connectivity index (χ0v) is 32.7. The van der Waals surface area contributed by atoms with Crippen molar-refractivity contribution in [2.24, 2.45) is 0 Å². The molecule has 1 spiro atoms. The van der Waals surface area contributed by atoms with Gasteiger partial charge in [0.2, 0.25) is 5.82 Å². The van der Waals surface area contributed by atoms with Crippen molar-refractivity contribution in [1.82, 2.24) is 14.8 Å². The van der Waals surface area contributed by atoms with Gasteiger partial charge < -0.3 is 4.74 Å². The van der Waals surface area contributed by atoms with Crippen LogP contribution in [0.15, 0.2) is 225 Å². The van der Waals surface area contributed by atoms with E-state index in [0.29, 0.717) is 5.82 Å². The van der Waals surface area contributed by atoms with Crippen LogP contribution in [0.4, 0.5) is 0 Å². The van der Waals surface area contributed by atoms with Gasteiger partial charge in [-0.2, -0.15) is 0 Å². The number of aromatic nitrogens is 4. The summed E-state index contributed by atoms with van der Waals surface area (Å²) in [6.45, 7) is 0. The third-order valence-corrected chi connectivity index (χ3v) is 22.4. The van der Waals surface area contributed by atoms with E-state index in [2.05, 4.69) is 228 Å². The van der Waals surface area contributed by atoms with E-state index in [1.165, 1.54) is 21.2 Å². The molecule has 0 radical (unpaired) electrons. The van der Waals surface area contributed by atoms with Crippen LogP contribution in [-0.2, 0) is 5.15 Å². The molecule has 0 amide bonds. The van der Waals surface area contributed by atoms with E-state index in [-0.39, 0.29) is 0 Å². The number of benzene rings is 7.